The molecule has 8 heteroatoms. The van der Waals surface area contributed by atoms with E-state index < -0.39 is 0 Å². The number of benzene rings is 1. The molecule has 0 radical (unpaired) electrons. The molecule has 1 aromatic carbocycles. The van der Waals surface area contributed by atoms with E-state index in [9.17, 15) is 4.79 Å². The molecule has 0 unspecified atom stereocenters. The number of amides is 1. The fourth-order valence-electron chi connectivity index (χ4n) is 2.91. The molecule has 4 rings (SSSR count). The van der Waals surface area contributed by atoms with Gasteiger partial charge in [-0.25, -0.2) is 4.98 Å². The van der Waals surface area contributed by atoms with Gasteiger partial charge >= 0.3 is 0 Å². The largest absolute Gasteiger partial charge is 0.486 e. The molecule has 0 saturated heterocycles. The molecule has 1 amide bonds. The van der Waals surface area contributed by atoms with Gasteiger partial charge in [0.1, 0.15) is 33.8 Å². The first-order valence-electron chi connectivity index (χ1n) is 9.27. The summed E-state index contributed by atoms with van der Waals surface area (Å²) in [6.07, 6.45) is 3.18. The van der Waals surface area contributed by atoms with E-state index in [1.807, 2.05) is 19.1 Å². The summed E-state index contributed by atoms with van der Waals surface area (Å²) in [6.45, 7) is 2.77. The molecule has 0 aliphatic carbocycles. The summed E-state index contributed by atoms with van der Waals surface area (Å²) in [5, 5.41) is 1.37. The summed E-state index contributed by atoms with van der Waals surface area (Å²) < 4.78 is 16.6. The van der Waals surface area contributed by atoms with Crippen LogP contribution in [-0.4, -0.2) is 15.8 Å². The van der Waals surface area contributed by atoms with Gasteiger partial charge in [0.05, 0.1) is 31.3 Å². The van der Waals surface area contributed by atoms with E-state index in [2.05, 4.69) is 4.98 Å². The Morgan fingerprint density at radius 2 is 1.70 bits per heavy atom. The minimum Gasteiger partial charge on any atom is -0.486 e. The molecule has 0 N–H and O–H groups in total. The number of aryl methyl sites for hydroxylation is 1. The highest BCUT2D eigenvalue weighted by Gasteiger charge is 2.23. The monoisotopic (exact) mass is 442 g/mol. The van der Waals surface area contributed by atoms with Crippen LogP contribution in [0.15, 0.2) is 69.9 Å². The Morgan fingerprint density at radius 3 is 2.27 bits per heavy atom. The standard InChI is InChI=1S/C22H19ClN2O4S/c1-15-21(30-20(24-15)14-29-17-8-6-16(23)7-9-17)22(26)25(12-18-4-2-10-27-18)13-19-5-3-11-28-19/h2-11H,12-14H2,1H3. The van der Waals surface area contributed by atoms with E-state index in [1.54, 1.807) is 53.8 Å². The number of halogens is 1. The molecule has 3 heterocycles. The SMILES string of the molecule is Cc1nc(COc2ccc(Cl)cc2)sc1C(=O)N(Cc1ccco1)Cc1ccco1. The maximum atomic E-state index is 13.3. The zero-order valence-electron chi connectivity index (χ0n) is 16.2. The highest BCUT2D eigenvalue weighted by Crippen LogP contribution is 2.24. The van der Waals surface area contributed by atoms with E-state index in [-0.39, 0.29) is 12.5 Å². The molecular formula is C22H19ClN2O4S. The lowest BCUT2D eigenvalue weighted by atomic mass is 10.3. The van der Waals surface area contributed by atoms with Gasteiger partial charge in [0.25, 0.3) is 5.91 Å². The van der Waals surface area contributed by atoms with Crippen molar-refractivity contribution < 1.29 is 18.4 Å². The zero-order chi connectivity index (χ0) is 20.9. The van der Waals surface area contributed by atoms with Crippen LogP contribution < -0.4 is 4.74 Å². The predicted molar refractivity (Wildman–Crippen MR) is 114 cm³/mol. The third-order valence-corrected chi connectivity index (χ3v) is 5.72. The van der Waals surface area contributed by atoms with Gasteiger partial charge in [-0.05, 0) is 55.5 Å². The van der Waals surface area contributed by atoms with Crippen LogP contribution in [0.5, 0.6) is 5.75 Å². The fraction of sp³-hybridized carbons (Fsp3) is 0.182. The summed E-state index contributed by atoms with van der Waals surface area (Å²) in [5.74, 6) is 1.96. The summed E-state index contributed by atoms with van der Waals surface area (Å²) in [4.78, 5) is 20.1. The van der Waals surface area contributed by atoms with Crippen LogP contribution in [0, 0.1) is 6.92 Å². The first-order valence-corrected chi connectivity index (χ1v) is 10.5. The fourth-order valence-corrected chi connectivity index (χ4v) is 3.98. The Hall–Kier alpha value is -3.03. The van der Waals surface area contributed by atoms with E-state index in [0.29, 0.717) is 46.0 Å². The van der Waals surface area contributed by atoms with Crippen LogP contribution in [0.1, 0.15) is 31.9 Å². The quantitative estimate of drug-likeness (QED) is 0.349. The number of ether oxygens (including phenoxy) is 1. The van der Waals surface area contributed by atoms with Gasteiger partial charge in [-0.15, -0.1) is 11.3 Å². The van der Waals surface area contributed by atoms with Crippen LogP contribution in [0.3, 0.4) is 0 Å². The van der Waals surface area contributed by atoms with Crippen molar-refractivity contribution in [3.05, 3.63) is 93.2 Å². The average molecular weight is 443 g/mol. The van der Waals surface area contributed by atoms with Gasteiger partial charge in [-0.1, -0.05) is 11.6 Å². The lowest BCUT2D eigenvalue weighted by Crippen LogP contribution is -2.29. The Bertz CT molecular complexity index is 1050. The number of aromatic nitrogens is 1. The van der Waals surface area contributed by atoms with E-state index in [0.717, 1.165) is 5.01 Å². The number of hydrogen-bond donors (Lipinski definition) is 0. The van der Waals surface area contributed by atoms with Crippen molar-refractivity contribution in [1.29, 1.82) is 0 Å². The molecule has 0 aliphatic rings. The Kier molecular flexibility index (Phi) is 6.21. The molecule has 4 aromatic rings. The number of carbonyl (C=O) groups is 1. The first kappa shape index (κ1) is 20.3. The Morgan fingerprint density at radius 1 is 1.07 bits per heavy atom. The van der Waals surface area contributed by atoms with Gasteiger partial charge in [-0.3, -0.25) is 4.79 Å². The number of nitrogens with zero attached hydrogens (tertiary/aromatic N) is 2. The smallest absolute Gasteiger partial charge is 0.266 e. The number of thiazole rings is 1. The third-order valence-electron chi connectivity index (χ3n) is 4.35. The molecule has 6 nitrogen and oxygen atoms in total. The summed E-state index contributed by atoms with van der Waals surface area (Å²) >= 11 is 7.23. The Labute approximate surface area is 182 Å². The molecule has 0 aliphatic heterocycles. The van der Waals surface area contributed by atoms with Crippen LogP contribution in [0.2, 0.25) is 5.02 Å². The van der Waals surface area contributed by atoms with Crippen molar-refractivity contribution in [1.82, 2.24) is 9.88 Å². The number of hydrogen-bond acceptors (Lipinski definition) is 6. The molecule has 3 aromatic heterocycles. The highest BCUT2D eigenvalue weighted by atomic mass is 35.5. The molecule has 30 heavy (non-hydrogen) atoms. The van der Waals surface area contributed by atoms with E-state index in [1.165, 1.54) is 11.3 Å². The lowest BCUT2D eigenvalue weighted by molar-refractivity contribution is 0.0709. The minimum absolute atomic E-state index is 0.129. The maximum absolute atomic E-state index is 13.3. The van der Waals surface area contributed by atoms with Crippen molar-refractivity contribution in [3.63, 3.8) is 0 Å². The van der Waals surface area contributed by atoms with Crippen LogP contribution in [0.25, 0.3) is 0 Å². The maximum Gasteiger partial charge on any atom is 0.266 e. The van der Waals surface area contributed by atoms with Crippen molar-refractivity contribution in [2.75, 3.05) is 0 Å². The van der Waals surface area contributed by atoms with Crippen molar-refractivity contribution in [2.45, 2.75) is 26.6 Å². The van der Waals surface area contributed by atoms with Gasteiger partial charge in [0, 0.05) is 5.02 Å². The lowest BCUT2D eigenvalue weighted by Gasteiger charge is -2.20. The van der Waals surface area contributed by atoms with Crippen LogP contribution in [-0.2, 0) is 19.7 Å². The predicted octanol–water partition coefficient (Wildman–Crippen LogP) is 5.71. The molecule has 0 saturated carbocycles. The molecular weight excluding hydrogens is 424 g/mol. The second kappa shape index (κ2) is 9.19. The van der Waals surface area contributed by atoms with Gasteiger partial charge in [0.2, 0.25) is 0 Å². The topological polar surface area (TPSA) is 68.7 Å². The average Bonchev–Trinajstić information content (AvgIpc) is 3.49. The number of carbonyl (C=O) groups excluding carboxylic acids is 1. The van der Waals surface area contributed by atoms with Gasteiger partial charge in [-0.2, -0.15) is 0 Å². The van der Waals surface area contributed by atoms with Gasteiger partial charge < -0.3 is 18.5 Å². The number of rotatable bonds is 8. The number of furan rings is 2. The highest BCUT2D eigenvalue weighted by molar-refractivity contribution is 7.13. The van der Waals surface area contributed by atoms with Crippen molar-refractivity contribution in [2.24, 2.45) is 0 Å². The second-order valence-corrected chi connectivity index (χ2v) is 8.10. The molecule has 0 spiro atoms. The van der Waals surface area contributed by atoms with Gasteiger partial charge in [0.15, 0.2) is 0 Å². The normalized spacial score (nSPS) is 10.9. The van der Waals surface area contributed by atoms with Crippen LogP contribution in [0.4, 0.5) is 0 Å². The van der Waals surface area contributed by atoms with E-state index >= 15 is 0 Å². The zero-order valence-corrected chi connectivity index (χ0v) is 17.8. The second-order valence-electron chi connectivity index (χ2n) is 6.58. The van der Waals surface area contributed by atoms with Crippen molar-refractivity contribution >= 4 is 28.8 Å². The first-order chi connectivity index (χ1) is 14.6. The molecule has 0 fully saturated rings. The van der Waals surface area contributed by atoms with Crippen LogP contribution >= 0.6 is 22.9 Å². The third kappa shape index (κ3) is 4.93. The summed E-state index contributed by atoms with van der Waals surface area (Å²) in [7, 11) is 0. The Balaban J connectivity index is 1.49. The summed E-state index contributed by atoms with van der Waals surface area (Å²) in [6, 6.07) is 14.4. The molecule has 0 bridgehead atoms. The summed E-state index contributed by atoms with van der Waals surface area (Å²) in [5.41, 5.74) is 0.670. The molecule has 0 atom stereocenters. The minimum atomic E-state index is -0.129. The van der Waals surface area contributed by atoms with Crippen molar-refractivity contribution in [3.8, 4) is 5.75 Å². The molecule has 154 valence electrons. The van der Waals surface area contributed by atoms with E-state index in [4.69, 9.17) is 25.2 Å².